The second-order valence-corrected chi connectivity index (χ2v) is 7.97. The Morgan fingerprint density at radius 3 is 2.46 bits per heavy atom. The number of rotatable bonds is 5. The quantitative estimate of drug-likeness (QED) is 0.609. The third-order valence-corrected chi connectivity index (χ3v) is 4.04. The summed E-state index contributed by atoms with van der Waals surface area (Å²) in [6.45, 7) is 6.94. The van der Waals surface area contributed by atoms with Gasteiger partial charge in [-0.3, -0.25) is 4.98 Å². The molecule has 0 spiro atoms. The molecule has 134 valence electrons. The molecule has 3 rings (SSSR count). The molecule has 1 aromatic carbocycles. The van der Waals surface area contributed by atoms with Crippen molar-refractivity contribution in [3.63, 3.8) is 0 Å². The van der Waals surface area contributed by atoms with Crippen LogP contribution in [-0.4, -0.2) is 20.5 Å². The third kappa shape index (κ3) is 5.26. The molecule has 5 nitrogen and oxygen atoms in total. The summed E-state index contributed by atoms with van der Waals surface area (Å²) in [7, 11) is 0. The second kappa shape index (κ2) is 7.83. The Hall–Kier alpha value is -2.47. The fourth-order valence-electron chi connectivity index (χ4n) is 2.44. The Bertz CT molecular complexity index is 875. The number of hydrogen-bond acceptors (Lipinski definition) is 5. The minimum absolute atomic E-state index is 0.127. The zero-order valence-electron chi connectivity index (χ0n) is 15.1. The van der Waals surface area contributed by atoms with Crippen molar-refractivity contribution < 1.29 is 0 Å². The maximum Gasteiger partial charge on any atom is 0.225 e. The standard InChI is InChI=1S/C20H22BrN5/c1-20(2,3)26-19-24-17(15-7-9-22-10-8-15)12-18(25-19)23-13-14-5-4-6-16(21)11-14/h4-12H,13H2,1-3H3,(H2,23,24,25,26). The van der Waals surface area contributed by atoms with E-state index in [1.54, 1.807) is 12.4 Å². The zero-order valence-corrected chi connectivity index (χ0v) is 16.7. The molecule has 0 aliphatic carbocycles. The molecular weight excluding hydrogens is 390 g/mol. The van der Waals surface area contributed by atoms with Gasteiger partial charge in [-0.1, -0.05) is 28.1 Å². The van der Waals surface area contributed by atoms with E-state index in [4.69, 9.17) is 0 Å². The highest BCUT2D eigenvalue weighted by Gasteiger charge is 2.14. The summed E-state index contributed by atoms with van der Waals surface area (Å²) in [6.07, 6.45) is 3.53. The third-order valence-electron chi connectivity index (χ3n) is 3.55. The molecule has 6 heteroatoms. The van der Waals surface area contributed by atoms with Crippen LogP contribution in [0.2, 0.25) is 0 Å². The first-order valence-corrected chi connectivity index (χ1v) is 9.24. The van der Waals surface area contributed by atoms with Gasteiger partial charge in [-0.2, -0.15) is 4.98 Å². The molecule has 2 heterocycles. The lowest BCUT2D eigenvalue weighted by Crippen LogP contribution is -2.27. The topological polar surface area (TPSA) is 62.7 Å². The molecule has 2 N–H and O–H groups in total. The molecule has 0 amide bonds. The van der Waals surface area contributed by atoms with Crippen LogP contribution in [-0.2, 0) is 6.54 Å². The molecule has 3 aromatic rings. The van der Waals surface area contributed by atoms with Gasteiger partial charge < -0.3 is 10.6 Å². The van der Waals surface area contributed by atoms with Crippen LogP contribution in [0.5, 0.6) is 0 Å². The number of aromatic nitrogens is 3. The number of anilines is 2. The number of halogens is 1. The lowest BCUT2D eigenvalue weighted by molar-refractivity contribution is 0.626. The lowest BCUT2D eigenvalue weighted by atomic mass is 10.1. The molecule has 26 heavy (non-hydrogen) atoms. The van der Waals surface area contributed by atoms with Gasteiger partial charge in [0.25, 0.3) is 0 Å². The number of nitrogens with one attached hydrogen (secondary N) is 2. The molecule has 0 aliphatic rings. The van der Waals surface area contributed by atoms with E-state index in [1.165, 1.54) is 5.56 Å². The Morgan fingerprint density at radius 2 is 1.77 bits per heavy atom. The molecule has 0 saturated carbocycles. The van der Waals surface area contributed by atoms with Gasteiger partial charge in [0.05, 0.1) is 5.69 Å². The average Bonchev–Trinajstić information content (AvgIpc) is 2.59. The first-order chi connectivity index (χ1) is 12.4. The monoisotopic (exact) mass is 411 g/mol. The van der Waals surface area contributed by atoms with Gasteiger partial charge in [0, 0.05) is 40.6 Å². The van der Waals surface area contributed by atoms with E-state index in [0.717, 1.165) is 21.5 Å². The fourth-order valence-corrected chi connectivity index (χ4v) is 2.89. The predicted molar refractivity (Wildman–Crippen MR) is 110 cm³/mol. The Morgan fingerprint density at radius 1 is 1.00 bits per heavy atom. The molecule has 0 fully saturated rings. The molecule has 2 aromatic heterocycles. The van der Waals surface area contributed by atoms with Crippen LogP contribution >= 0.6 is 15.9 Å². The minimum Gasteiger partial charge on any atom is -0.366 e. The van der Waals surface area contributed by atoms with Gasteiger partial charge in [0.15, 0.2) is 0 Å². The Kier molecular flexibility index (Phi) is 5.52. The summed E-state index contributed by atoms with van der Waals surface area (Å²) in [5, 5.41) is 6.75. The van der Waals surface area contributed by atoms with Gasteiger partial charge in [0.1, 0.15) is 5.82 Å². The number of hydrogen-bond donors (Lipinski definition) is 2. The van der Waals surface area contributed by atoms with E-state index in [2.05, 4.69) is 74.4 Å². The minimum atomic E-state index is -0.127. The van der Waals surface area contributed by atoms with Crippen LogP contribution in [0.25, 0.3) is 11.3 Å². The van der Waals surface area contributed by atoms with Crippen LogP contribution in [0.15, 0.2) is 59.3 Å². The van der Waals surface area contributed by atoms with E-state index in [9.17, 15) is 0 Å². The summed E-state index contributed by atoms with van der Waals surface area (Å²) in [4.78, 5) is 13.4. The molecule has 0 unspecified atom stereocenters. The smallest absolute Gasteiger partial charge is 0.225 e. The molecule has 0 saturated heterocycles. The first-order valence-electron chi connectivity index (χ1n) is 8.45. The maximum atomic E-state index is 4.66. The maximum absolute atomic E-state index is 4.66. The highest BCUT2D eigenvalue weighted by molar-refractivity contribution is 9.10. The van der Waals surface area contributed by atoms with E-state index < -0.39 is 0 Å². The summed E-state index contributed by atoms with van der Waals surface area (Å²) in [5.74, 6) is 1.38. The molecule has 0 aliphatic heterocycles. The molecular formula is C20H22BrN5. The molecule has 0 bridgehead atoms. The highest BCUT2D eigenvalue weighted by atomic mass is 79.9. The average molecular weight is 412 g/mol. The second-order valence-electron chi connectivity index (χ2n) is 7.06. The largest absolute Gasteiger partial charge is 0.366 e. The fraction of sp³-hybridized carbons (Fsp3) is 0.250. The number of pyridine rings is 1. The van der Waals surface area contributed by atoms with Crippen LogP contribution in [0.4, 0.5) is 11.8 Å². The van der Waals surface area contributed by atoms with Crippen molar-refractivity contribution in [2.75, 3.05) is 10.6 Å². The number of benzene rings is 1. The Labute approximate surface area is 162 Å². The van der Waals surface area contributed by atoms with Crippen LogP contribution < -0.4 is 10.6 Å². The summed E-state index contributed by atoms with van der Waals surface area (Å²) in [5.41, 5.74) is 2.91. The zero-order chi connectivity index (χ0) is 18.6. The summed E-state index contributed by atoms with van der Waals surface area (Å²) < 4.78 is 1.06. The SMILES string of the molecule is CC(C)(C)Nc1nc(NCc2cccc(Br)c2)cc(-c2ccncc2)n1. The first kappa shape index (κ1) is 18.3. The van der Waals surface area contributed by atoms with Gasteiger partial charge in [-0.15, -0.1) is 0 Å². The summed E-state index contributed by atoms with van der Waals surface area (Å²) >= 11 is 3.51. The van der Waals surface area contributed by atoms with Crippen molar-refractivity contribution in [2.24, 2.45) is 0 Å². The summed E-state index contributed by atoms with van der Waals surface area (Å²) in [6, 6.07) is 14.1. The van der Waals surface area contributed by atoms with E-state index in [0.29, 0.717) is 12.5 Å². The van der Waals surface area contributed by atoms with Crippen molar-refractivity contribution in [1.82, 2.24) is 15.0 Å². The van der Waals surface area contributed by atoms with Crippen LogP contribution in [0.1, 0.15) is 26.3 Å². The van der Waals surface area contributed by atoms with Crippen molar-refractivity contribution in [2.45, 2.75) is 32.9 Å². The number of nitrogens with zero attached hydrogens (tertiary/aromatic N) is 3. The van der Waals surface area contributed by atoms with Gasteiger partial charge in [-0.05, 0) is 50.6 Å². The van der Waals surface area contributed by atoms with Crippen molar-refractivity contribution in [1.29, 1.82) is 0 Å². The van der Waals surface area contributed by atoms with Crippen molar-refractivity contribution in [3.8, 4) is 11.3 Å². The lowest BCUT2D eigenvalue weighted by Gasteiger charge is -2.21. The van der Waals surface area contributed by atoms with Gasteiger partial charge >= 0.3 is 0 Å². The van der Waals surface area contributed by atoms with Crippen LogP contribution in [0, 0.1) is 0 Å². The Balaban J connectivity index is 1.89. The highest BCUT2D eigenvalue weighted by Crippen LogP contribution is 2.23. The van der Waals surface area contributed by atoms with E-state index in [-0.39, 0.29) is 5.54 Å². The van der Waals surface area contributed by atoms with E-state index >= 15 is 0 Å². The van der Waals surface area contributed by atoms with Gasteiger partial charge in [-0.25, -0.2) is 4.98 Å². The molecule has 0 atom stereocenters. The molecule has 0 radical (unpaired) electrons. The van der Waals surface area contributed by atoms with Crippen molar-refractivity contribution >= 4 is 27.7 Å². The normalized spacial score (nSPS) is 11.2. The predicted octanol–water partition coefficient (Wildman–Crippen LogP) is 5.12. The van der Waals surface area contributed by atoms with Crippen LogP contribution in [0.3, 0.4) is 0 Å². The van der Waals surface area contributed by atoms with Crippen molar-refractivity contribution in [3.05, 3.63) is 64.9 Å². The van der Waals surface area contributed by atoms with E-state index in [1.807, 2.05) is 30.3 Å². The van der Waals surface area contributed by atoms with Gasteiger partial charge in [0.2, 0.25) is 5.95 Å².